The first-order valence-electron chi connectivity index (χ1n) is 0. The molecule has 0 saturated carbocycles. The summed E-state index contributed by atoms with van der Waals surface area (Å²) in [5, 5.41) is 0. The topological polar surface area (TPSA) is 0 Å². The molecule has 0 aliphatic heterocycles. The van der Waals surface area contributed by atoms with Gasteiger partial charge < -0.3 is 0 Å². The quantitative estimate of drug-likeness (QED) is 0.426. The maximum atomic E-state index is 0. The fourth-order valence-electron chi connectivity index (χ4n) is 0. The summed E-state index contributed by atoms with van der Waals surface area (Å²) in [5.41, 5.74) is 0. The van der Waals surface area contributed by atoms with E-state index >= 15 is 0 Å². The Hall–Kier alpha value is 3.00. The predicted octanol–water partition coefficient (Wildman–Crippen LogP) is -0.767. The zero-order chi connectivity index (χ0) is 0. The van der Waals surface area contributed by atoms with E-state index in [0.717, 1.165) is 0 Å². The molecule has 0 spiro atoms. The molecule has 0 unspecified atom stereocenters. The van der Waals surface area contributed by atoms with Crippen LogP contribution >= 0.6 is 0 Å². The van der Waals surface area contributed by atoms with Crippen LogP contribution < -0.4 is 0 Å². The summed E-state index contributed by atoms with van der Waals surface area (Å²) in [6.45, 7) is 0. The molecule has 0 bridgehead atoms. The van der Waals surface area contributed by atoms with Crippen LogP contribution in [0.1, 0.15) is 0 Å². The average molecular weight is 177 g/mol. The molecule has 0 aromatic carbocycles. The van der Waals surface area contributed by atoms with Crippen molar-refractivity contribution in [1.29, 1.82) is 0 Å². The van der Waals surface area contributed by atoms with Crippen LogP contribution in [0.5, 0.6) is 0 Å². The molecule has 14 valence electrons. The summed E-state index contributed by atoms with van der Waals surface area (Å²) in [6, 6.07) is 0. The van der Waals surface area contributed by atoms with Crippen LogP contribution in [0.4, 0.5) is 0 Å². The van der Waals surface area contributed by atoms with E-state index in [1.165, 1.54) is 0 Å². The molecule has 0 aliphatic rings. The van der Waals surface area contributed by atoms with Crippen LogP contribution in [0.15, 0.2) is 0 Å². The van der Waals surface area contributed by atoms with Crippen molar-refractivity contribution in [2.45, 2.75) is 0 Å². The maximum absolute atomic E-state index is 0. The second-order valence-electron chi connectivity index (χ2n) is 0. The van der Waals surface area contributed by atoms with Crippen molar-refractivity contribution in [3.63, 3.8) is 0 Å². The minimum Gasteiger partial charge on any atom is 0 e. The van der Waals surface area contributed by atoms with Crippen LogP contribution in [0, 0.1) is 0 Å². The summed E-state index contributed by atoms with van der Waals surface area (Å²) in [7, 11) is 0. The first-order valence-corrected chi connectivity index (χ1v) is 0. The van der Waals surface area contributed by atoms with E-state index in [9.17, 15) is 0 Å². The van der Waals surface area contributed by atoms with Crippen molar-refractivity contribution >= 4 is 48.4 Å². The Labute approximate surface area is 89.9 Å². The third-order valence-electron chi connectivity index (χ3n) is 0. The van der Waals surface area contributed by atoms with Crippen molar-refractivity contribution in [3.8, 4) is 0 Å². The molecule has 0 aromatic heterocycles. The second-order valence-corrected chi connectivity index (χ2v) is 0. The molecule has 0 amide bonds. The predicted molar refractivity (Wildman–Crippen MR) is 11.5 cm³/mol. The van der Waals surface area contributed by atoms with Gasteiger partial charge in [-0.25, -0.2) is 0 Å². The molecule has 0 N–H and O–H groups in total. The fourth-order valence-corrected chi connectivity index (χ4v) is 0. The molecule has 0 aliphatic carbocycles. The minimum absolute atomic E-state index is 0. The molecule has 0 nitrogen and oxygen atoms in total. The Balaban J connectivity index is 0. The van der Waals surface area contributed by atoms with Gasteiger partial charge in [0.2, 0.25) is 0 Å². The van der Waals surface area contributed by atoms with Gasteiger partial charge in [-0.05, 0) is 0 Å². The molecule has 0 heterocycles. The molecule has 0 aromatic rings. The van der Waals surface area contributed by atoms with E-state index in [1.807, 2.05) is 0 Å². The zero-order valence-corrected chi connectivity index (χ0v) is 8.42. The number of hydrogen-bond acceptors (Lipinski definition) is 0. The van der Waals surface area contributed by atoms with Gasteiger partial charge in [0.25, 0.3) is 0 Å². The van der Waals surface area contributed by atoms with Gasteiger partial charge in [0.05, 0.1) is 0 Å². The van der Waals surface area contributed by atoms with Crippen LogP contribution in [0.25, 0.3) is 0 Å². The van der Waals surface area contributed by atoms with Crippen molar-refractivity contribution in [2.75, 3.05) is 0 Å². The van der Waals surface area contributed by atoms with E-state index in [-0.39, 0.29) is 91.7 Å². The Morgan fingerprint density at radius 3 is 1.00 bits per heavy atom. The molecular formula is FeLiNaZr. The Kier molecular flexibility index (Phi) is 117. The van der Waals surface area contributed by atoms with E-state index in [2.05, 4.69) is 0 Å². The van der Waals surface area contributed by atoms with Crippen LogP contribution in [-0.2, 0) is 43.3 Å². The number of rotatable bonds is 0. The Morgan fingerprint density at radius 1 is 1.00 bits per heavy atom. The largest absolute Gasteiger partial charge is 0 e. The molecule has 0 atom stereocenters. The zero-order valence-electron chi connectivity index (χ0n) is 2.85. The van der Waals surface area contributed by atoms with Crippen molar-refractivity contribution in [2.24, 2.45) is 0 Å². The van der Waals surface area contributed by atoms with Crippen molar-refractivity contribution in [3.05, 3.63) is 0 Å². The van der Waals surface area contributed by atoms with Crippen LogP contribution in [0.3, 0.4) is 0 Å². The first-order chi connectivity index (χ1) is 0. The minimum atomic E-state index is 0. The molecular weight excluding hydrogens is 177 g/mol. The molecule has 4 heavy (non-hydrogen) atoms. The van der Waals surface area contributed by atoms with Gasteiger partial charge in [-0.15, -0.1) is 0 Å². The summed E-state index contributed by atoms with van der Waals surface area (Å²) in [5.74, 6) is 0. The number of hydrogen-bond donors (Lipinski definition) is 0. The van der Waals surface area contributed by atoms with E-state index in [4.69, 9.17) is 0 Å². The molecule has 0 rings (SSSR count). The Morgan fingerprint density at radius 2 is 1.00 bits per heavy atom. The average Bonchev–Trinajstić information content (AvgIpc) is 0. The van der Waals surface area contributed by atoms with Gasteiger partial charge in [0.1, 0.15) is 0 Å². The monoisotopic (exact) mass is 176 g/mol. The van der Waals surface area contributed by atoms with E-state index in [1.54, 1.807) is 0 Å². The van der Waals surface area contributed by atoms with Crippen molar-refractivity contribution in [1.82, 2.24) is 0 Å². The normalized spacial score (nSPS) is 0. The van der Waals surface area contributed by atoms with Crippen molar-refractivity contribution < 1.29 is 43.3 Å². The van der Waals surface area contributed by atoms with Gasteiger partial charge >= 0.3 is 0 Å². The third kappa shape index (κ3) is 8.89. The van der Waals surface area contributed by atoms with Gasteiger partial charge in [-0.3, -0.25) is 0 Å². The summed E-state index contributed by atoms with van der Waals surface area (Å²) < 4.78 is 0. The van der Waals surface area contributed by atoms with Crippen LogP contribution in [-0.4, -0.2) is 48.4 Å². The van der Waals surface area contributed by atoms with Gasteiger partial charge in [0, 0.05) is 91.7 Å². The molecule has 2 radical (unpaired) electrons. The van der Waals surface area contributed by atoms with E-state index in [0.29, 0.717) is 0 Å². The van der Waals surface area contributed by atoms with Gasteiger partial charge in [-0.2, -0.15) is 0 Å². The summed E-state index contributed by atoms with van der Waals surface area (Å²) in [4.78, 5) is 0. The van der Waals surface area contributed by atoms with Crippen LogP contribution in [0.2, 0.25) is 0 Å². The second kappa shape index (κ2) is 16.7. The summed E-state index contributed by atoms with van der Waals surface area (Å²) in [6.07, 6.45) is 0. The maximum Gasteiger partial charge on any atom is 0 e. The van der Waals surface area contributed by atoms with Gasteiger partial charge in [-0.1, -0.05) is 0 Å². The third-order valence-corrected chi connectivity index (χ3v) is 0. The first kappa shape index (κ1) is 28.0. The van der Waals surface area contributed by atoms with Gasteiger partial charge in [0.15, 0.2) is 0 Å². The van der Waals surface area contributed by atoms with E-state index < -0.39 is 0 Å². The Bertz CT molecular complexity index is 8.00. The summed E-state index contributed by atoms with van der Waals surface area (Å²) >= 11 is 0. The molecule has 0 saturated heterocycles. The standard InChI is InChI=1S/Fe.Li.Na.Zr. The molecule has 4 heteroatoms. The fraction of sp³-hybridized carbons (Fsp3) is 0. The SMILES string of the molecule is [Fe].[Li].[Na].[Zr]. The smallest absolute Gasteiger partial charge is 0 e. The molecule has 0 fully saturated rings.